The van der Waals surface area contributed by atoms with E-state index >= 15 is 0 Å². The van der Waals surface area contributed by atoms with Crippen molar-refractivity contribution < 1.29 is 18.0 Å². The van der Waals surface area contributed by atoms with Crippen molar-refractivity contribution in [2.24, 2.45) is 0 Å². The van der Waals surface area contributed by atoms with Gasteiger partial charge in [-0.3, -0.25) is 4.79 Å². The molecule has 1 aromatic carbocycles. The van der Waals surface area contributed by atoms with E-state index in [1.165, 1.54) is 6.07 Å². The van der Waals surface area contributed by atoms with Crippen LogP contribution in [0.15, 0.2) is 18.2 Å². The first kappa shape index (κ1) is 15.5. The van der Waals surface area contributed by atoms with Crippen molar-refractivity contribution in [3.8, 4) is 6.07 Å². The topological polar surface area (TPSA) is 52.9 Å². The zero-order chi connectivity index (χ0) is 14.6. The fraction of sp³-hybridized carbons (Fsp3) is 0.333. The second-order valence-electron chi connectivity index (χ2n) is 3.73. The maximum absolute atomic E-state index is 12.8. The third-order valence-electron chi connectivity index (χ3n) is 2.35. The minimum Gasteiger partial charge on any atom is -0.325 e. The molecule has 0 fully saturated rings. The number of nitriles is 1. The van der Waals surface area contributed by atoms with Crippen LogP contribution in [-0.2, 0) is 11.0 Å². The van der Waals surface area contributed by atoms with E-state index in [4.69, 9.17) is 5.26 Å². The second kappa shape index (κ2) is 6.06. The number of amides is 1. The first-order valence-electron chi connectivity index (χ1n) is 5.35. The summed E-state index contributed by atoms with van der Waals surface area (Å²) in [4.78, 5) is 11.0. The third-order valence-corrected chi connectivity index (χ3v) is 3.42. The summed E-state index contributed by atoms with van der Waals surface area (Å²) in [6.07, 6.45) is -4.19. The Morgan fingerprint density at radius 3 is 2.63 bits per heavy atom. The van der Waals surface area contributed by atoms with Gasteiger partial charge < -0.3 is 5.32 Å². The second-order valence-corrected chi connectivity index (χ2v) is 4.84. The molecule has 1 amide bonds. The molecule has 0 heterocycles. The van der Waals surface area contributed by atoms with Gasteiger partial charge in [-0.2, -0.15) is 18.4 Å². The van der Waals surface area contributed by atoms with E-state index in [-0.39, 0.29) is 11.3 Å². The normalized spacial score (nSPS) is 12.6. The Kier molecular flexibility index (Phi) is 4.95. The van der Waals surface area contributed by atoms with Crippen molar-refractivity contribution in [1.29, 1.82) is 5.26 Å². The minimum atomic E-state index is -4.64. The van der Waals surface area contributed by atoms with Crippen molar-refractivity contribution in [3.05, 3.63) is 29.3 Å². The van der Waals surface area contributed by atoms with Gasteiger partial charge in [0.1, 0.15) is 0 Å². The molecule has 1 atom stereocenters. The Hall–Kier alpha value is -1.55. The molecule has 0 aliphatic carbocycles. The zero-order valence-corrected chi connectivity index (χ0v) is 11.5. The van der Waals surface area contributed by atoms with Gasteiger partial charge >= 0.3 is 6.18 Å². The Morgan fingerprint density at radius 2 is 2.16 bits per heavy atom. The molecule has 7 heteroatoms. The average Bonchev–Trinajstić information content (AvgIpc) is 2.36. The Bertz CT molecular complexity index is 523. The lowest BCUT2D eigenvalue weighted by molar-refractivity contribution is -0.137. The summed E-state index contributed by atoms with van der Waals surface area (Å²) in [5.74, 6) is -0.558. The standard InChI is InChI=1S/C12H10BrF3N2O/c1-2-9(13)11(19)18-10-4-3-7(6-17)5-8(10)12(14,15)16/h3-5,9H,2H2,1H3,(H,18,19). The number of alkyl halides is 4. The van der Waals surface area contributed by atoms with Crippen molar-refractivity contribution in [3.63, 3.8) is 0 Å². The molecule has 0 aliphatic rings. The van der Waals surface area contributed by atoms with E-state index in [1.54, 1.807) is 13.0 Å². The summed E-state index contributed by atoms with van der Waals surface area (Å²) in [7, 11) is 0. The maximum Gasteiger partial charge on any atom is 0.418 e. The molecule has 0 spiro atoms. The Labute approximate surface area is 116 Å². The van der Waals surface area contributed by atoms with Gasteiger partial charge in [0.25, 0.3) is 0 Å². The molecule has 1 N–H and O–H groups in total. The maximum atomic E-state index is 12.8. The lowest BCUT2D eigenvalue weighted by Crippen LogP contribution is -2.24. The van der Waals surface area contributed by atoms with Crippen LogP contribution in [0, 0.1) is 11.3 Å². The van der Waals surface area contributed by atoms with Crippen LogP contribution in [-0.4, -0.2) is 10.7 Å². The van der Waals surface area contributed by atoms with Crippen LogP contribution in [0.1, 0.15) is 24.5 Å². The van der Waals surface area contributed by atoms with E-state index in [1.807, 2.05) is 0 Å². The lowest BCUT2D eigenvalue weighted by Gasteiger charge is -2.15. The van der Waals surface area contributed by atoms with Gasteiger partial charge in [-0.05, 0) is 24.6 Å². The molecular weight excluding hydrogens is 325 g/mol. The molecular formula is C12H10BrF3N2O. The Balaban J connectivity index is 3.14. The highest BCUT2D eigenvalue weighted by Crippen LogP contribution is 2.35. The number of hydrogen-bond donors (Lipinski definition) is 1. The summed E-state index contributed by atoms with van der Waals surface area (Å²) < 4.78 is 38.5. The highest BCUT2D eigenvalue weighted by molar-refractivity contribution is 9.10. The lowest BCUT2D eigenvalue weighted by atomic mass is 10.1. The molecule has 0 saturated heterocycles. The van der Waals surface area contributed by atoms with Crippen LogP contribution in [0.3, 0.4) is 0 Å². The molecule has 19 heavy (non-hydrogen) atoms. The van der Waals surface area contributed by atoms with Crippen LogP contribution in [0.5, 0.6) is 0 Å². The smallest absolute Gasteiger partial charge is 0.325 e. The molecule has 0 radical (unpaired) electrons. The van der Waals surface area contributed by atoms with E-state index in [2.05, 4.69) is 21.2 Å². The summed E-state index contributed by atoms with van der Waals surface area (Å²) in [6, 6.07) is 4.65. The van der Waals surface area contributed by atoms with E-state index in [0.29, 0.717) is 12.5 Å². The van der Waals surface area contributed by atoms with Crippen molar-refractivity contribution in [1.82, 2.24) is 0 Å². The number of rotatable bonds is 3. The first-order chi connectivity index (χ1) is 8.79. The van der Waals surface area contributed by atoms with Gasteiger partial charge in [0.2, 0.25) is 5.91 Å². The third kappa shape index (κ3) is 3.96. The van der Waals surface area contributed by atoms with Crippen LogP contribution >= 0.6 is 15.9 Å². The predicted molar refractivity (Wildman–Crippen MR) is 67.8 cm³/mol. The van der Waals surface area contributed by atoms with E-state index in [9.17, 15) is 18.0 Å². The Morgan fingerprint density at radius 1 is 1.53 bits per heavy atom. The molecule has 3 nitrogen and oxygen atoms in total. The monoisotopic (exact) mass is 334 g/mol. The molecule has 0 aromatic heterocycles. The van der Waals surface area contributed by atoms with Crippen LogP contribution < -0.4 is 5.32 Å². The molecule has 1 unspecified atom stereocenters. The number of nitrogens with zero attached hydrogens (tertiary/aromatic N) is 1. The van der Waals surface area contributed by atoms with Gasteiger partial charge in [-0.1, -0.05) is 22.9 Å². The molecule has 1 rings (SSSR count). The minimum absolute atomic E-state index is 0.115. The molecule has 0 saturated carbocycles. The quantitative estimate of drug-likeness (QED) is 0.857. The highest BCUT2D eigenvalue weighted by Gasteiger charge is 2.34. The number of anilines is 1. The van der Waals surface area contributed by atoms with Crippen LogP contribution in [0.25, 0.3) is 0 Å². The summed E-state index contributed by atoms with van der Waals surface area (Å²) in [5.41, 5.74) is -1.50. The highest BCUT2D eigenvalue weighted by atomic mass is 79.9. The van der Waals surface area contributed by atoms with E-state index < -0.39 is 22.5 Å². The number of nitrogens with one attached hydrogen (secondary N) is 1. The predicted octanol–water partition coefficient (Wildman–Crippen LogP) is 3.69. The molecule has 0 bridgehead atoms. The van der Waals surface area contributed by atoms with E-state index in [0.717, 1.165) is 6.07 Å². The summed E-state index contributed by atoms with van der Waals surface area (Å²) in [5, 5.41) is 10.8. The summed E-state index contributed by atoms with van der Waals surface area (Å²) in [6.45, 7) is 1.72. The van der Waals surface area contributed by atoms with Crippen molar-refractivity contribution in [2.45, 2.75) is 24.3 Å². The SMILES string of the molecule is CCC(Br)C(=O)Nc1ccc(C#N)cc1C(F)(F)F. The number of hydrogen-bond acceptors (Lipinski definition) is 2. The number of benzene rings is 1. The molecule has 102 valence electrons. The van der Waals surface area contributed by atoms with Gasteiger partial charge in [0, 0.05) is 0 Å². The molecule has 1 aromatic rings. The van der Waals surface area contributed by atoms with Gasteiger partial charge in [-0.25, -0.2) is 0 Å². The van der Waals surface area contributed by atoms with Crippen LogP contribution in [0.2, 0.25) is 0 Å². The van der Waals surface area contributed by atoms with Crippen LogP contribution in [0.4, 0.5) is 18.9 Å². The first-order valence-corrected chi connectivity index (χ1v) is 6.27. The number of carbonyl (C=O) groups is 1. The van der Waals surface area contributed by atoms with Crippen molar-refractivity contribution >= 4 is 27.5 Å². The van der Waals surface area contributed by atoms with Gasteiger partial charge in [0.15, 0.2) is 0 Å². The largest absolute Gasteiger partial charge is 0.418 e. The van der Waals surface area contributed by atoms with Gasteiger partial charge in [-0.15, -0.1) is 0 Å². The number of halogens is 4. The summed E-state index contributed by atoms with van der Waals surface area (Å²) >= 11 is 3.06. The zero-order valence-electron chi connectivity index (χ0n) is 9.88. The fourth-order valence-electron chi connectivity index (χ4n) is 1.35. The van der Waals surface area contributed by atoms with Gasteiger partial charge in [0.05, 0.1) is 27.7 Å². The molecule has 0 aliphatic heterocycles. The number of carbonyl (C=O) groups excluding carboxylic acids is 1. The average molecular weight is 335 g/mol. The van der Waals surface area contributed by atoms with Crippen molar-refractivity contribution in [2.75, 3.05) is 5.32 Å². The fourth-order valence-corrected chi connectivity index (χ4v) is 1.47.